The smallest absolute Gasteiger partial charge is 0.170 e. The Morgan fingerprint density at radius 2 is 2.31 bits per heavy atom. The van der Waals surface area contributed by atoms with Crippen molar-refractivity contribution in [2.24, 2.45) is 5.92 Å². The number of rotatable bonds is 2. The molecule has 0 aromatic heterocycles. The largest absolute Gasteiger partial charge is 0.398 e. The second-order valence-corrected chi connectivity index (χ2v) is 4.01. The van der Waals surface area contributed by atoms with Gasteiger partial charge in [0.1, 0.15) is 5.82 Å². The average Bonchev–Trinajstić information content (AvgIpc) is 2.29. The number of carbonyl (C=O) groups excluding carboxylic acids is 1. The fraction of sp³-hybridized carbons (Fsp3) is 0.417. The lowest BCUT2D eigenvalue weighted by Gasteiger charge is -2.21. The zero-order valence-electron chi connectivity index (χ0n) is 8.91. The van der Waals surface area contributed by atoms with Gasteiger partial charge in [-0.2, -0.15) is 0 Å². The lowest BCUT2D eigenvalue weighted by Crippen LogP contribution is -2.25. The predicted molar refractivity (Wildman–Crippen MR) is 58.7 cm³/mol. The Labute approximate surface area is 93.4 Å². The van der Waals surface area contributed by atoms with Gasteiger partial charge >= 0.3 is 0 Å². The molecule has 0 amide bonds. The van der Waals surface area contributed by atoms with Gasteiger partial charge in [-0.3, -0.25) is 4.79 Å². The van der Waals surface area contributed by atoms with Crippen LogP contribution < -0.4 is 5.73 Å². The highest BCUT2D eigenvalue weighted by atomic mass is 19.1. The molecule has 0 bridgehead atoms. The molecule has 3 nitrogen and oxygen atoms in total. The molecule has 1 saturated heterocycles. The fourth-order valence-electron chi connectivity index (χ4n) is 1.93. The summed E-state index contributed by atoms with van der Waals surface area (Å²) in [7, 11) is 0. The highest BCUT2D eigenvalue weighted by Gasteiger charge is 2.24. The van der Waals surface area contributed by atoms with Crippen LogP contribution in [0.4, 0.5) is 10.1 Å². The maximum absolute atomic E-state index is 12.8. The molecule has 0 saturated carbocycles. The quantitative estimate of drug-likeness (QED) is 0.616. The number of halogens is 1. The Hall–Kier alpha value is -1.42. The second-order valence-electron chi connectivity index (χ2n) is 4.01. The Morgan fingerprint density at radius 3 is 2.94 bits per heavy atom. The SMILES string of the molecule is Nc1cc(F)ccc1C(=O)C1CCCOC1. The molecular formula is C12H14FNO2. The van der Waals surface area contributed by atoms with Crippen LogP contribution >= 0.6 is 0 Å². The van der Waals surface area contributed by atoms with Crippen molar-refractivity contribution in [3.63, 3.8) is 0 Å². The first kappa shape index (κ1) is 11.1. The summed E-state index contributed by atoms with van der Waals surface area (Å²) in [5.74, 6) is -0.604. The molecule has 1 atom stereocenters. The van der Waals surface area contributed by atoms with Crippen molar-refractivity contribution < 1.29 is 13.9 Å². The minimum absolute atomic E-state index is 0.0443. The van der Waals surface area contributed by atoms with Gasteiger partial charge in [-0.25, -0.2) is 4.39 Å². The van der Waals surface area contributed by atoms with Gasteiger partial charge in [0.15, 0.2) is 5.78 Å². The summed E-state index contributed by atoms with van der Waals surface area (Å²) in [6.07, 6.45) is 1.70. The van der Waals surface area contributed by atoms with Crippen molar-refractivity contribution in [1.29, 1.82) is 0 Å². The maximum atomic E-state index is 12.8. The number of hydrogen-bond acceptors (Lipinski definition) is 3. The molecule has 1 unspecified atom stereocenters. The number of benzene rings is 1. The molecule has 1 fully saturated rings. The minimum Gasteiger partial charge on any atom is -0.398 e. The standard InChI is InChI=1S/C12H14FNO2/c13-9-3-4-10(11(14)6-9)12(15)8-2-1-5-16-7-8/h3-4,6,8H,1-2,5,7,14H2. The van der Waals surface area contributed by atoms with E-state index in [0.717, 1.165) is 12.8 Å². The monoisotopic (exact) mass is 223 g/mol. The number of anilines is 1. The third kappa shape index (κ3) is 2.22. The van der Waals surface area contributed by atoms with Crippen molar-refractivity contribution in [2.75, 3.05) is 18.9 Å². The minimum atomic E-state index is -0.422. The predicted octanol–water partition coefficient (Wildman–Crippen LogP) is 2.02. The Kier molecular flexibility index (Phi) is 3.19. The molecule has 2 rings (SSSR count). The first-order valence-corrected chi connectivity index (χ1v) is 5.35. The molecule has 86 valence electrons. The van der Waals surface area contributed by atoms with Gasteiger partial charge in [0, 0.05) is 23.8 Å². The van der Waals surface area contributed by atoms with E-state index in [9.17, 15) is 9.18 Å². The Morgan fingerprint density at radius 1 is 1.50 bits per heavy atom. The van der Waals surface area contributed by atoms with E-state index in [-0.39, 0.29) is 17.4 Å². The molecule has 0 radical (unpaired) electrons. The molecule has 16 heavy (non-hydrogen) atoms. The van der Waals surface area contributed by atoms with Crippen molar-refractivity contribution in [3.8, 4) is 0 Å². The van der Waals surface area contributed by atoms with Crippen molar-refractivity contribution in [3.05, 3.63) is 29.6 Å². The van der Waals surface area contributed by atoms with Crippen LogP contribution in [0.2, 0.25) is 0 Å². The molecular weight excluding hydrogens is 209 g/mol. The Bertz CT molecular complexity index is 400. The Balaban J connectivity index is 2.19. The van der Waals surface area contributed by atoms with Gasteiger partial charge in [0.05, 0.1) is 6.61 Å². The van der Waals surface area contributed by atoms with E-state index in [1.165, 1.54) is 18.2 Å². The third-order valence-corrected chi connectivity index (χ3v) is 2.81. The topological polar surface area (TPSA) is 52.3 Å². The summed E-state index contributed by atoms with van der Waals surface area (Å²) in [6, 6.07) is 3.88. The first-order valence-electron chi connectivity index (χ1n) is 5.35. The lowest BCUT2D eigenvalue weighted by atomic mass is 9.92. The third-order valence-electron chi connectivity index (χ3n) is 2.81. The highest BCUT2D eigenvalue weighted by Crippen LogP contribution is 2.22. The van der Waals surface area contributed by atoms with E-state index < -0.39 is 5.82 Å². The summed E-state index contributed by atoms with van der Waals surface area (Å²) < 4.78 is 18.1. The molecule has 1 aliphatic heterocycles. The number of hydrogen-bond donors (Lipinski definition) is 1. The zero-order chi connectivity index (χ0) is 11.5. The summed E-state index contributed by atoms with van der Waals surface area (Å²) in [6.45, 7) is 1.15. The van der Waals surface area contributed by atoms with Crippen LogP contribution in [0.5, 0.6) is 0 Å². The molecule has 0 spiro atoms. The number of nitrogens with two attached hydrogens (primary N) is 1. The van der Waals surface area contributed by atoms with Crippen LogP contribution in [0.15, 0.2) is 18.2 Å². The molecule has 4 heteroatoms. The molecule has 2 N–H and O–H groups in total. The first-order chi connectivity index (χ1) is 7.68. The van der Waals surface area contributed by atoms with Crippen LogP contribution in [0.25, 0.3) is 0 Å². The number of ether oxygens (including phenoxy) is 1. The summed E-state index contributed by atoms with van der Waals surface area (Å²) in [4.78, 5) is 12.0. The van der Waals surface area contributed by atoms with Gasteiger partial charge in [0.2, 0.25) is 0 Å². The van der Waals surface area contributed by atoms with E-state index in [1.807, 2.05) is 0 Å². The van der Waals surface area contributed by atoms with Gasteiger partial charge in [-0.1, -0.05) is 0 Å². The van der Waals surface area contributed by atoms with Crippen molar-refractivity contribution in [1.82, 2.24) is 0 Å². The van der Waals surface area contributed by atoms with Crippen LogP contribution in [-0.2, 0) is 4.74 Å². The molecule has 1 heterocycles. The average molecular weight is 223 g/mol. The van der Waals surface area contributed by atoms with E-state index in [1.54, 1.807) is 0 Å². The highest BCUT2D eigenvalue weighted by molar-refractivity contribution is 6.02. The fourth-order valence-corrected chi connectivity index (χ4v) is 1.93. The zero-order valence-corrected chi connectivity index (χ0v) is 8.91. The molecule has 0 aliphatic carbocycles. The van der Waals surface area contributed by atoms with E-state index in [0.29, 0.717) is 18.8 Å². The lowest BCUT2D eigenvalue weighted by molar-refractivity contribution is 0.0462. The number of Topliss-reactive ketones (excluding diaryl/α,β-unsaturated/α-hetero) is 1. The van der Waals surface area contributed by atoms with Crippen molar-refractivity contribution >= 4 is 11.5 Å². The van der Waals surface area contributed by atoms with Crippen LogP contribution in [0, 0.1) is 11.7 Å². The number of nitrogen functional groups attached to an aromatic ring is 1. The van der Waals surface area contributed by atoms with E-state index >= 15 is 0 Å². The van der Waals surface area contributed by atoms with Crippen LogP contribution in [0.3, 0.4) is 0 Å². The number of ketones is 1. The summed E-state index contributed by atoms with van der Waals surface area (Å²) in [5.41, 5.74) is 6.23. The second kappa shape index (κ2) is 4.61. The summed E-state index contributed by atoms with van der Waals surface area (Å²) in [5, 5.41) is 0. The van der Waals surface area contributed by atoms with Gasteiger partial charge in [-0.05, 0) is 31.0 Å². The summed E-state index contributed by atoms with van der Waals surface area (Å²) >= 11 is 0. The molecule has 1 aliphatic rings. The molecule has 1 aromatic rings. The van der Waals surface area contributed by atoms with E-state index in [2.05, 4.69) is 0 Å². The van der Waals surface area contributed by atoms with Crippen LogP contribution in [-0.4, -0.2) is 19.0 Å². The van der Waals surface area contributed by atoms with Crippen molar-refractivity contribution in [2.45, 2.75) is 12.8 Å². The normalized spacial score (nSPS) is 20.7. The van der Waals surface area contributed by atoms with Gasteiger partial charge in [0.25, 0.3) is 0 Å². The van der Waals surface area contributed by atoms with E-state index in [4.69, 9.17) is 10.5 Å². The van der Waals surface area contributed by atoms with Gasteiger partial charge < -0.3 is 10.5 Å². The van der Waals surface area contributed by atoms with Gasteiger partial charge in [-0.15, -0.1) is 0 Å². The molecule has 1 aromatic carbocycles. The maximum Gasteiger partial charge on any atom is 0.170 e. The van der Waals surface area contributed by atoms with Crippen LogP contribution in [0.1, 0.15) is 23.2 Å². The number of carbonyl (C=O) groups is 1.